The highest BCUT2D eigenvalue weighted by atomic mass is 16.6. The number of benzene rings is 2. The molecular weight excluding hydrogens is 526 g/mol. The zero-order chi connectivity index (χ0) is 30.2. The number of rotatable bonds is 10. The molecule has 2 aromatic carbocycles. The van der Waals surface area contributed by atoms with Crippen LogP contribution in [0.1, 0.15) is 71.4 Å². The monoisotopic (exact) mass is 567 g/mol. The summed E-state index contributed by atoms with van der Waals surface area (Å²) < 4.78 is 16.2. The summed E-state index contributed by atoms with van der Waals surface area (Å²) in [6, 6.07) is 14.9. The molecule has 0 heterocycles. The summed E-state index contributed by atoms with van der Waals surface area (Å²) in [5.74, 6) is -1.14. The molecule has 1 aliphatic rings. The fourth-order valence-corrected chi connectivity index (χ4v) is 4.45. The minimum Gasteiger partial charge on any atom is -0.458 e. The number of nitrogens with one attached hydrogen (secondary N) is 3. The Kier molecular flexibility index (Phi) is 10.4. The molecule has 0 saturated heterocycles. The van der Waals surface area contributed by atoms with Gasteiger partial charge in [-0.1, -0.05) is 48.5 Å². The molecule has 10 heteroatoms. The molecule has 2 aromatic rings. The van der Waals surface area contributed by atoms with Crippen LogP contribution in [0.15, 0.2) is 48.5 Å². The predicted octanol–water partition coefficient (Wildman–Crippen LogP) is 4.66. The summed E-state index contributed by atoms with van der Waals surface area (Å²) in [5, 5.41) is 7.81. The van der Waals surface area contributed by atoms with Crippen LogP contribution in [0.2, 0.25) is 0 Å². The molecule has 1 aliphatic carbocycles. The van der Waals surface area contributed by atoms with Gasteiger partial charge in [-0.15, -0.1) is 0 Å². The third kappa shape index (κ3) is 9.81. The maximum absolute atomic E-state index is 12.9. The van der Waals surface area contributed by atoms with E-state index in [-0.39, 0.29) is 44.4 Å². The first-order valence-corrected chi connectivity index (χ1v) is 13.8. The number of carbonyl (C=O) groups excluding carboxylic acids is 4. The third-order valence-corrected chi connectivity index (χ3v) is 6.10. The van der Waals surface area contributed by atoms with Crippen molar-refractivity contribution < 1.29 is 33.4 Å². The molecule has 0 aliphatic heterocycles. The first-order valence-electron chi connectivity index (χ1n) is 13.8. The largest absolute Gasteiger partial charge is 0.458 e. The molecule has 0 bridgehead atoms. The van der Waals surface area contributed by atoms with E-state index in [1.54, 1.807) is 41.5 Å². The first kappa shape index (κ1) is 31.4. The van der Waals surface area contributed by atoms with Gasteiger partial charge in [0.25, 0.3) is 0 Å². The van der Waals surface area contributed by atoms with Crippen LogP contribution in [0.25, 0.3) is 11.1 Å². The smallest absolute Gasteiger partial charge is 0.407 e. The lowest BCUT2D eigenvalue weighted by molar-refractivity contribution is -0.157. The summed E-state index contributed by atoms with van der Waals surface area (Å²) in [6.45, 7) is 10.9. The molecule has 0 fully saturated rings. The fourth-order valence-electron chi connectivity index (χ4n) is 4.45. The molecule has 0 aromatic heterocycles. The van der Waals surface area contributed by atoms with Crippen molar-refractivity contribution >= 4 is 24.1 Å². The van der Waals surface area contributed by atoms with Gasteiger partial charge < -0.3 is 30.2 Å². The van der Waals surface area contributed by atoms with Gasteiger partial charge in [0.2, 0.25) is 5.91 Å². The van der Waals surface area contributed by atoms with E-state index in [9.17, 15) is 19.2 Å². The van der Waals surface area contributed by atoms with E-state index < -0.39 is 35.4 Å². The fraction of sp³-hybridized carbons (Fsp3) is 0.484. The van der Waals surface area contributed by atoms with Crippen molar-refractivity contribution in [1.82, 2.24) is 16.0 Å². The van der Waals surface area contributed by atoms with E-state index in [0.29, 0.717) is 0 Å². The average Bonchev–Trinajstić information content (AvgIpc) is 3.19. The molecule has 0 spiro atoms. The zero-order valence-electron chi connectivity index (χ0n) is 24.7. The van der Waals surface area contributed by atoms with Crippen LogP contribution in [0.3, 0.4) is 0 Å². The molecule has 3 N–H and O–H groups in total. The molecule has 0 radical (unpaired) electrons. The number of esters is 1. The molecule has 0 saturated carbocycles. The summed E-state index contributed by atoms with van der Waals surface area (Å²) >= 11 is 0. The van der Waals surface area contributed by atoms with Gasteiger partial charge in [-0.25, -0.2) is 14.4 Å². The van der Waals surface area contributed by atoms with Gasteiger partial charge in [0, 0.05) is 25.4 Å². The quantitative estimate of drug-likeness (QED) is 0.216. The highest BCUT2D eigenvalue weighted by Gasteiger charge is 2.31. The van der Waals surface area contributed by atoms with E-state index in [2.05, 4.69) is 16.0 Å². The molecule has 10 nitrogen and oxygen atoms in total. The third-order valence-electron chi connectivity index (χ3n) is 6.10. The van der Waals surface area contributed by atoms with E-state index in [1.807, 2.05) is 48.5 Å². The van der Waals surface area contributed by atoms with Crippen LogP contribution >= 0.6 is 0 Å². The number of alkyl carbamates (subject to hydrolysis) is 2. The maximum atomic E-state index is 12.9. The number of hydrogen-bond acceptors (Lipinski definition) is 7. The first-order chi connectivity index (χ1) is 19.2. The summed E-state index contributed by atoms with van der Waals surface area (Å²) in [4.78, 5) is 49.8. The topological polar surface area (TPSA) is 132 Å². The lowest BCUT2D eigenvalue weighted by Gasteiger charge is -2.24. The number of carbonyl (C=O) groups is 4. The second-order valence-corrected chi connectivity index (χ2v) is 11.9. The van der Waals surface area contributed by atoms with E-state index >= 15 is 0 Å². The van der Waals surface area contributed by atoms with Gasteiger partial charge in [0.1, 0.15) is 23.9 Å². The zero-order valence-corrected chi connectivity index (χ0v) is 24.7. The van der Waals surface area contributed by atoms with Crippen LogP contribution < -0.4 is 16.0 Å². The summed E-state index contributed by atoms with van der Waals surface area (Å²) in [7, 11) is 0. The average molecular weight is 568 g/mol. The molecule has 1 atom stereocenters. The van der Waals surface area contributed by atoms with Crippen molar-refractivity contribution in [2.24, 2.45) is 0 Å². The molecule has 0 unspecified atom stereocenters. The molecular formula is C31H41N3O7. The highest BCUT2D eigenvalue weighted by molar-refractivity contribution is 5.83. The highest BCUT2D eigenvalue weighted by Crippen LogP contribution is 2.44. The Bertz CT molecular complexity index is 1200. The maximum Gasteiger partial charge on any atom is 0.407 e. The second-order valence-electron chi connectivity index (χ2n) is 11.9. The summed E-state index contributed by atoms with van der Waals surface area (Å²) in [6.07, 6.45) is -1.40. The Labute approximate surface area is 241 Å². The van der Waals surface area contributed by atoms with E-state index in [0.717, 1.165) is 22.3 Å². The summed E-state index contributed by atoms with van der Waals surface area (Å²) in [5.41, 5.74) is 2.95. The van der Waals surface area contributed by atoms with Gasteiger partial charge in [0.15, 0.2) is 0 Å². The van der Waals surface area contributed by atoms with Gasteiger partial charge in [-0.3, -0.25) is 4.79 Å². The molecule has 3 rings (SSSR count). The minimum atomic E-state index is -1.09. The number of amides is 3. The molecule has 41 heavy (non-hydrogen) atoms. The lowest BCUT2D eigenvalue weighted by Crippen LogP contribution is -2.45. The van der Waals surface area contributed by atoms with Gasteiger partial charge in [0.05, 0.1) is 0 Å². The van der Waals surface area contributed by atoms with Gasteiger partial charge in [-0.05, 0) is 70.2 Å². The van der Waals surface area contributed by atoms with Crippen LogP contribution in [0, 0.1) is 0 Å². The second kappa shape index (κ2) is 13.5. The van der Waals surface area contributed by atoms with Crippen molar-refractivity contribution in [3.63, 3.8) is 0 Å². The lowest BCUT2D eigenvalue weighted by atomic mass is 9.98. The van der Waals surface area contributed by atoms with Crippen molar-refractivity contribution in [2.75, 3.05) is 19.7 Å². The van der Waals surface area contributed by atoms with Crippen molar-refractivity contribution in [2.45, 2.75) is 77.5 Å². The van der Waals surface area contributed by atoms with Crippen molar-refractivity contribution in [3.05, 3.63) is 59.7 Å². The number of hydrogen-bond donors (Lipinski definition) is 3. The SMILES string of the molecule is CC(C)(C)OC(=O)NCCNC(=O)CC[C@H](NC(=O)OCC1c2ccccc2-c2ccccc21)C(=O)OC(C)(C)C. The normalized spacial score (nSPS) is 13.3. The standard InChI is InChI=1S/C31H41N3O7/c1-30(2,3)40-27(36)25(15-16-26(35)32-17-18-33-28(37)41-31(4,5)6)34-29(38)39-19-24-22-13-9-7-11-20(22)21-12-8-10-14-23(21)24/h7-14,24-25H,15-19H2,1-6H3,(H,32,35)(H,33,37)(H,34,38)/t25-/m0/s1. The van der Waals surface area contributed by atoms with Gasteiger partial charge >= 0.3 is 18.2 Å². The number of ether oxygens (including phenoxy) is 3. The van der Waals surface area contributed by atoms with Crippen molar-refractivity contribution in [3.8, 4) is 11.1 Å². The van der Waals surface area contributed by atoms with E-state index in [4.69, 9.17) is 14.2 Å². The number of fused-ring (bicyclic) bond motifs is 3. The van der Waals surface area contributed by atoms with Crippen LogP contribution in [-0.4, -0.2) is 61.0 Å². The van der Waals surface area contributed by atoms with Crippen LogP contribution in [0.4, 0.5) is 9.59 Å². The molecule has 222 valence electrons. The Balaban J connectivity index is 1.53. The van der Waals surface area contributed by atoms with Gasteiger partial charge in [-0.2, -0.15) is 0 Å². The Morgan fingerprint density at radius 1 is 0.756 bits per heavy atom. The Morgan fingerprint density at radius 2 is 1.29 bits per heavy atom. The van der Waals surface area contributed by atoms with Crippen molar-refractivity contribution in [1.29, 1.82) is 0 Å². The predicted molar refractivity (Wildman–Crippen MR) is 154 cm³/mol. The van der Waals surface area contributed by atoms with E-state index in [1.165, 1.54) is 0 Å². The minimum absolute atomic E-state index is 0.00440. The van der Waals surface area contributed by atoms with Crippen LogP contribution in [-0.2, 0) is 23.8 Å². The van der Waals surface area contributed by atoms with Crippen LogP contribution in [0.5, 0.6) is 0 Å². The Hall–Kier alpha value is -4.08. The Morgan fingerprint density at radius 3 is 1.85 bits per heavy atom. The molecule has 3 amide bonds.